The van der Waals surface area contributed by atoms with E-state index in [0.717, 1.165) is 32.1 Å². The highest BCUT2D eigenvalue weighted by Crippen LogP contribution is 2.65. The molecule has 3 N–H and O–H groups in total. The number of hydrogen-bond acceptors (Lipinski definition) is 3. The molecular formula is C19H31NO2. The third-order valence-electron chi connectivity index (χ3n) is 8.47. The van der Waals surface area contributed by atoms with Gasteiger partial charge in [0.15, 0.2) is 0 Å². The van der Waals surface area contributed by atoms with Gasteiger partial charge in [0.2, 0.25) is 0 Å². The molecule has 4 rings (SSSR count). The summed E-state index contributed by atoms with van der Waals surface area (Å²) in [5, 5.41) is 10.4. The fourth-order valence-corrected chi connectivity index (χ4v) is 7.10. The molecule has 0 bridgehead atoms. The minimum Gasteiger partial charge on any atom is -0.391 e. The first-order valence-electron chi connectivity index (χ1n) is 9.33. The molecule has 3 nitrogen and oxygen atoms in total. The van der Waals surface area contributed by atoms with Crippen LogP contribution < -0.4 is 5.73 Å². The van der Waals surface area contributed by atoms with Crippen LogP contribution in [0.25, 0.3) is 0 Å². The van der Waals surface area contributed by atoms with Crippen LogP contribution in [0.2, 0.25) is 0 Å². The molecule has 4 fully saturated rings. The Morgan fingerprint density at radius 1 is 1.14 bits per heavy atom. The summed E-state index contributed by atoms with van der Waals surface area (Å²) >= 11 is 0. The number of hydrogen-bond donors (Lipinski definition) is 2. The average Bonchev–Trinajstić information content (AvgIpc) is 2.77. The molecule has 0 heterocycles. The van der Waals surface area contributed by atoms with Crippen molar-refractivity contribution in [1.29, 1.82) is 0 Å². The smallest absolute Gasteiger partial charge is 0.139 e. The Balaban J connectivity index is 1.65. The van der Waals surface area contributed by atoms with Crippen LogP contribution in [0.15, 0.2) is 0 Å². The summed E-state index contributed by atoms with van der Waals surface area (Å²) in [6.07, 6.45) is 8.22. The Morgan fingerprint density at radius 3 is 2.68 bits per heavy atom. The van der Waals surface area contributed by atoms with Crippen molar-refractivity contribution in [2.24, 2.45) is 40.2 Å². The number of carbonyl (C=O) groups excluding carboxylic acids is 1. The number of nitrogens with two attached hydrogens (primary N) is 1. The van der Waals surface area contributed by atoms with Gasteiger partial charge in [-0.15, -0.1) is 0 Å². The highest BCUT2D eigenvalue weighted by Gasteiger charge is 2.60. The highest BCUT2D eigenvalue weighted by molar-refractivity contribution is 5.87. The quantitative estimate of drug-likeness (QED) is 0.723. The molecule has 0 saturated heterocycles. The largest absolute Gasteiger partial charge is 0.391 e. The minimum absolute atomic E-state index is 0.0310. The summed E-state index contributed by atoms with van der Waals surface area (Å²) in [6.45, 7) is 4.66. The monoisotopic (exact) mass is 305 g/mol. The Morgan fingerprint density at radius 2 is 1.91 bits per heavy atom. The van der Waals surface area contributed by atoms with Crippen LogP contribution in [-0.2, 0) is 4.79 Å². The van der Waals surface area contributed by atoms with Crippen molar-refractivity contribution in [2.75, 3.05) is 0 Å². The molecular weight excluding hydrogens is 274 g/mol. The lowest BCUT2D eigenvalue weighted by molar-refractivity contribution is -0.145. The van der Waals surface area contributed by atoms with Crippen molar-refractivity contribution >= 4 is 5.78 Å². The maximum absolute atomic E-state index is 12.4. The number of Topliss-reactive ketones (excluding diaryl/α,β-unsaturated/α-hetero) is 1. The van der Waals surface area contributed by atoms with Crippen molar-refractivity contribution in [3.63, 3.8) is 0 Å². The highest BCUT2D eigenvalue weighted by atomic mass is 16.3. The number of ketones is 1. The second kappa shape index (κ2) is 4.80. The van der Waals surface area contributed by atoms with Gasteiger partial charge < -0.3 is 10.8 Å². The molecule has 0 aromatic carbocycles. The van der Waals surface area contributed by atoms with Crippen LogP contribution in [0.1, 0.15) is 65.2 Å². The predicted octanol–water partition coefficient (Wildman–Crippen LogP) is 2.90. The number of fused-ring (bicyclic) bond motifs is 5. The molecule has 0 radical (unpaired) electrons. The molecule has 8 atom stereocenters. The molecule has 124 valence electrons. The van der Waals surface area contributed by atoms with Gasteiger partial charge >= 0.3 is 0 Å². The van der Waals surface area contributed by atoms with Crippen molar-refractivity contribution in [3.8, 4) is 0 Å². The Hall–Kier alpha value is -0.410. The van der Waals surface area contributed by atoms with Crippen LogP contribution in [-0.4, -0.2) is 23.0 Å². The molecule has 0 spiro atoms. The van der Waals surface area contributed by atoms with E-state index in [1.165, 1.54) is 19.3 Å². The molecule has 6 unspecified atom stereocenters. The Labute approximate surface area is 134 Å². The first-order chi connectivity index (χ1) is 10.4. The maximum Gasteiger partial charge on any atom is 0.139 e. The summed E-state index contributed by atoms with van der Waals surface area (Å²) in [5.74, 6) is 3.19. The zero-order valence-corrected chi connectivity index (χ0v) is 14.1. The van der Waals surface area contributed by atoms with Gasteiger partial charge in [-0.05, 0) is 74.0 Å². The predicted molar refractivity (Wildman–Crippen MR) is 86.1 cm³/mol. The first kappa shape index (κ1) is 15.1. The van der Waals surface area contributed by atoms with Crippen molar-refractivity contribution in [1.82, 2.24) is 0 Å². The lowest BCUT2D eigenvalue weighted by atomic mass is 9.45. The van der Waals surface area contributed by atoms with E-state index >= 15 is 0 Å². The molecule has 0 aromatic heterocycles. The lowest BCUT2D eigenvalue weighted by Gasteiger charge is -2.60. The van der Waals surface area contributed by atoms with Gasteiger partial charge in [-0.3, -0.25) is 4.79 Å². The van der Waals surface area contributed by atoms with Crippen LogP contribution in [0.4, 0.5) is 0 Å². The zero-order chi connectivity index (χ0) is 15.7. The molecule has 4 aliphatic rings. The topological polar surface area (TPSA) is 63.3 Å². The number of aliphatic hydroxyl groups excluding tert-OH is 1. The molecule has 3 heteroatoms. The summed E-state index contributed by atoms with van der Waals surface area (Å²) in [6, 6.07) is -0.0310. The van der Waals surface area contributed by atoms with Crippen molar-refractivity contribution < 1.29 is 9.90 Å². The van der Waals surface area contributed by atoms with Gasteiger partial charge in [0.05, 0.1) is 6.10 Å². The molecule has 0 aromatic rings. The summed E-state index contributed by atoms with van der Waals surface area (Å²) in [7, 11) is 0. The molecule has 4 saturated carbocycles. The van der Waals surface area contributed by atoms with E-state index in [1.54, 1.807) is 0 Å². The van der Waals surface area contributed by atoms with Gasteiger partial charge in [-0.2, -0.15) is 0 Å². The normalized spacial score (nSPS) is 57.9. The second-order valence-corrected chi connectivity index (χ2v) is 9.25. The molecule has 0 aliphatic heterocycles. The number of carbonyl (C=O) groups is 1. The molecule has 4 aliphatic carbocycles. The minimum atomic E-state index is -0.335. The maximum atomic E-state index is 12.4. The van der Waals surface area contributed by atoms with Gasteiger partial charge in [-0.25, -0.2) is 0 Å². The van der Waals surface area contributed by atoms with Crippen LogP contribution in [0.3, 0.4) is 0 Å². The van der Waals surface area contributed by atoms with E-state index in [-0.39, 0.29) is 23.0 Å². The summed E-state index contributed by atoms with van der Waals surface area (Å²) in [5.41, 5.74) is 6.35. The van der Waals surface area contributed by atoms with E-state index in [4.69, 9.17) is 5.73 Å². The zero-order valence-electron chi connectivity index (χ0n) is 14.1. The van der Waals surface area contributed by atoms with Crippen molar-refractivity contribution in [3.05, 3.63) is 0 Å². The third kappa shape index (κ3) is 1.84. The SMILES string of the molecule is C[C@]12CC(O)C(N)CC1CCC1C2CC[C@]2(C)C(=O)CCC12. The van der Waals surface area contributed by atoms with E-state index in [0.29, 0.717) is 29.5 Å². The van der Waals surface area contributed by atoms with E-state index in [2.05, 4.69) is 13.8 Å². The number of rotatable bonds is 0. The van der Waals surface area contributed by atoms with E-state index in [9.17, 15) is 9.90 Å². The third-order valence-corrected chi connectivity index (χ3v) is 8.47. The van der Waals surface area contributed by atoms with Crippen LogP contribution >= 0.6 is 0 Å². The molecule has 0 amide bonds. The summed E-state index contributed by atoms with van der Waals surface area (Å²) in [4.78, 5) is 12.4. The van der Waals surface area contributed by atoms with Gasteiger partial charge in [0.1, 0.15) is 5.78 Å². The van der Waals surface area contributed by atoms with Gasteiger partial charge in [0, 0.05) is 17.9 Å². The van der Waals surface area contributed by atoms with Crippen molar-refractivity contribution in [2.45, 2.75) is 77.4 Å². The van der Waals surface area contributed by atoms with E-state index in [1.807, 2.05) is 0 Å². The first-order valence-corrected chi connectivity index (χ1v) is 9.33. The standard InChI is InChI=1S/C19H31NO2/c1-18-8-7-14-12(13(18)5-6-17(18)22)4-3-11-9-15(20)16(21)10-19(11,14)2/h11-16,21H,3-10,20H2,1-2H3/t11?,12?,13?,14?,15?,16?,18-,19-/m0/s1. The Kier molecular flexibility index (Phi) is 3.30. The van der Waals surface area contributed by atoms with Crippen LogP contribution in [0, 0.1) is 34.5 Å². The molecule has 22 heavy (non-hydrogen) atoms. The average molecular weight is 305 g/mol. The van der Waals surface area contributed by atoms with Crippen LogP contribution in [0.5, 0.6) is 0 Å². The number of aliphatic hydroxyl groups is 1. The fourth-order valence-electron chi connectivity index (χ4n) is 7.10. The van der Waals surface area contributed by atoms with Gasteiger partial charge in [-0.1, -0.05) is 13.8 Å². The fraction of sp³-hybridized carbons (Fsp3) is 0.947. The lowest BCUT2D eigenvalue weighted by Crippen LogP contribution is -2.58. The second-order valence-electron chi connectivity index (χ2n) is 9.25. The van der Waals surface area contributed by atoms with E-state index < -0.39 is 0 Å². The summed E-state index contributed by atoms with van der Waals surface area (Å²) < 4.78 is 0. The van der Waals surface area contributed by atoms with Gasteiger partial charge in [0.25, 0.3) is 0 Å². The Bertz CT molecular complexity index is 492.